The molecule has 0 radical (unpaired) electrons. The van der Waals surface area contributed by atoms with E-state index in [0.29, 0.717) is 5.69 Å². The molecule has 0 amide bonds. The van der Waals surface area contributed by atoms with Gasteiger partial charge in [0, 0.05) is 38.1 Å². The second-order valence-electron chi connectivity index (χ2n) is 11.0. The van der Waals surface area contributed by atoms with Crippen molar-refractivity contribution in [3.63, 3.8) is 0 Å². The highest BCUT2D eigenvalue weighted by Crippen LogP contribution is 2.41. The molecule has 4 heteroatoms. The van der Waals surface area contributed by atoms with E-state index < -0.39 is 0 Å². The molecule has 0 spiro atoms. The van der Waals surface area contributed by atoms with Gasteiger partial charge in [0.05, 0.1) is 34.2 Å². The van der Waals surface area contributed by atoms with Crippen LogP contribution in [0.5, 0.6) is 0 Å². The molecule has 9 aromatic rings. The number of aromatic nitrogens is 2. The number of furan rings is 1. The van der Waals surface area contributed by atoms with Gasteiger partial charge in [-0.3, -0.25) is 0 Å². The zero-order chi connectivity index (χ0) is 27.9. The number of benzene rings is 6. The first kappa shape index (κ1) is 23.0. The fourth-order valence-corrected chi connectivity index (χ4v) is 6.77. The zero-order valence-electron chi connectivity index (χ0n) is 22.8. The Morgan fingerprint density at radius 2 is 1.24 bits per heavy atom. The summed E-state index contributed by atoms with van der Waals surface area (Å²) in [5, 5.41) is 6.92. The van der Waals surface area contributed by atoms with Crippen LogP contribution >= 0.6 is 0 Å². The molecule has 0 N–H and O–H groups in total. The van der Waals surface area contributed by atoms with Crippen molar-refractivity contribution >= 4 is 71.2 Å². The number of hydrogen-bond donors (Lipinski definition) is 0. The Kier molecular flexibility index (Phi) is 4.57. The molecule has 0 unspecified atom stereocenters. The van der Waals surface area contributed by atoms with Gasteiger partial charge in [0.25, 0.3) is 0 Å². The Morgan fingerprint density at radius 1 is 0.548 bits per heavy atom. The first-order chi connectivity index (χ1) is 20.7. The predicted octanol–water partition coefficient (Wildman–Crippen LogP) is 10.6. The maximum Gasteiger partial charge on any atom is 0.189 e. The fourth-order valence-electron chi connectivity index (χ4n) is 6.77. The van der Waals surface area contributed by atoms with Gasteiger partial charge in [-0.15, -0.1) is 0 Å². The first-order valence-electron chi connectivity index (χ1n) is 14.1. The molecule has 0 aliphatic heterocycles. The molecule has 0 saturated heterocycles. The number of fused-ring (bicyclic) bond motifs is 9. The van der Waals surface area contributed by atoms with Crippen molar-refractivity contribution in [2.24, 2.45) is 0 Å². The lowest BCUT2D eigenvalue weighted by Crippen LogP contribution is -1.95. The Balaban J connectivity index is 1.39. The second kappa shape index (κ2) is 8.36. The van der Waals surface area contributed by atoms with E-state index in [1.807, 2.05) is 12.1 Å². The smallest absolute Gasteiger partial charge is 0.189 e. The zero-order valence-corrected chi connectivity index (χ0v) is 22.8. The highest BCUT2D eigenvalue weighted by molar-refractivity contribution is 6.15. The molecule has 0 saturated carbocycles. The Hall–Kier alpha value is -5.79. The summed E-state index contributed by atoms with van der Waals surface area (Å²) in [4.78, 5) is 3.72. The van der Waals surface area contributed by atoms with Gasteiger partial charge < -0.3 is 13.6 Å². The summed E-state index contributed by atoms with van der Waals surface area (Å²) < 4.78 is 11.1. The van der Waals surface area contributed by atoms with Crippen molar-refractivity contribution in [3.05, 3.63) is 138 Å². The summed E-state index contributed by atoms with van der Waals surface area (Å²) in [6.45, 7) is 9.77. The van der Waals surface area contributed by atoms with Crippen LogP contribution < -0.4 is 0 Å². The molecular formula is C38H23N3O. The Bertz CT molecular complexity index is 2600. The van der Waals surface area contributed by atoms with Gasteiger partial charge in [-0.1, -0.05) is 66.7 Å². The lowest BCUT2D eigenvalue weighted by Gasteiger charge is -2.11. The van der Waals surface area contributed by atoms with E-state index in [1.54, 1.807) is 0 Å². The third-order valence-electron chi connectivity index (χ3n) is 8.57. The van der Waals surface area contributed by atoms with Crippen LogP contribution in [0, 0.1) is 13.5 Å². The van der Waals surface area contributed by atoms with Crippen LogP contribution in [-0.4, -0.2) is 9.13 Å². The topological polar surface area (TPSA) is 27.4 Å². The molecule has 0 fully saturated rings. The molecule has 0 bridgehead atoms. The third kappa shape index (κ3) is 3.05. The van der Waals surface area contributed by atoms with Crippen LogP contribution in [0.25, 0.3) is 81.8 Å². The normalized spacial score (nSPS) is 11.9. The number of rotatable bonds is 2. The van der Waals surface area contributed by atoms with Gasteiger partial charge in [0.15, 0.2) is 5.69 Å². The minimum absolute atomic E-state index is 0.630. The molecule has 0 atom stereocenters. The fraction of sp³-hybridized carbons (Fsp3) is 0.0263. The number of nitrogens with zero attached hydrogens (tertiary/aromatic N) is 3. The predicted molar refractivity (Wildman–Crippen MR) is 173 cm³/mol. The molecular weight excluding hydrogens is 514 g/mol. The summed E-state index contributed by atoms with van der Waals surface area (Å²) in [6, 6.07) is 42.5. The summed E-state index contributed by atoms with van der Waals surface area (Å²) in [6.07, 6.45) is 0. The molecule has 42 heavy (non-hydrogen) atoms. The third-order valence-corrected chi connectivity index (χ3v) is 8.57. The van der Waals surface area contributed by atoms with Gasteiger partial charge in [0.2, 0.25) is 0 Å². The maximum atomic E-state index is 7.63. The van der Waals surface area contributed by atoms with E-state index in [4.69, 9.17) is 11.0 Å². The lowest BCUT2D eigenvalue weighted by atomic mass is 10.1. The molecule has 0 aliphatic carbocycles. The van der Waals surface area contributed by atoms with Crippen molar-refractivity contribution in [2.45, 2.75) is 6.92 Å². The Morgan fingerprint density at radius 3 is 2.02 bits per heavy atom. The van der Waals surface area contributed by atoms with Crippen molar-refractivity contribution in [1.29, 1.82) is 0 Å². The van der Waals surface area contributed by atoms with Crippen LogP contribution in [0.2, 0.25) is 0 Å². The summed E-state index contributed by atoms with van der Waals surface area (Å²) >= 11 is 0. The van der Waals surface area contributed by atoms with Crippen LogP contribution in [-0.2, 0) is 0 Å². The van der Waals surface area contributed by atoms with E-state index in [-0.39, 0.29) is 0 Å². The molecule has 6 aromatic carbocycles. The highest BCUT2D eigenvalue weighted by atomic mass is 16.3. The summed E-state index contributed by atoms with van der Waals surface area (Å²) in [5.74, 6) is 0. The standard InChI is InChI=1S/C38H23N3O/c1-23-14-17-28-27-9-4-6-11-32(27)41(34(28)20-23)33-12-7-13-37-38(33)30-22-25(16-19-36(30)42-37)40-31-10-5-3-8-26(31)29-18-15-24(39-2)21-35(29)40/h3-22H,1H3. The summed E-state index contributed by atoms with van der Waals surface area (Å²) in [5.41, 5.74) is 10.2. The molecule has 4 nitrogen and oxygen atoms in total. The van der Waals surface area contributed by atoms with E-state index in [9.17, 15) is 0 Å². The van der Waals surface area contributed by atoms with E-state index in [0.717, 1.165) is 49.7 Å². The minimum atomic E-state index is 0.630. The van der Waals surface area contributed by atoms with E-state index in [2.05, 4.69) is 130 Å². The van der Waals surface area contributed by atoms with Crippen molar-refractivity contribution in [2.75, 3.05) is 0 Å². The lowest BCUT2D eigenvalue weighted by molar-refractivity contribution is 0.669. The average molecular weight is 538 g/mol. The van der Waals surface area contributed by atoms with Gasteiger partial charge in [-0.25, -0.2) is 4.85 Å². The highest BCUT2D eigenvalue weighted by Gasteiger charge is 2.19. The molecule has 0 aliphatic rings. The van der Waals surface area contributed by atoms with E-state index in [1.165, 1.54) is 32.8 Å². The molecule has 3 aromatic heterocycles. The van der Waals surface area contributed by atoms with Gasteiger partial charge in [-0.2, -0.15) is 0 Å². The van der Waals surface area contributed by atoms with Crippen LogP contribution in [0.4, 0.5) is 5.69 Å². The Labute approximate surface area is 241 Å². The van der Waals surface area contributed by atoms with Crippen molar-refractivity contribution in [1.82, 2.24) is 9.13 Å². The second-order valence-corrected chi connectivity index (χ2v) is 11.0. The van der Waals surface area contributed by atoms with Crippen LogP contribution in [0.1, 0.15) is 5.56 Å². The van der Waals surface area contributed by atoms with Crippen molar-refractivity contribution < 1.29 is 4.42 Å². The molecule has 3 heterocycles. The van der Waals surface area contributed by atoms with E-state index >= 15 is 0 Å². The van der Waals surface area contributed by atoms with Crippen LogP contribution in [0.3, 0.4) is 0 Å². The number of aryl methyl sites for hydroxylation is 1. The summed E-state index contributed by atoms with van der Waals surface area (Å²) in [7, 11) is 0. The monoisotopic (exact) mass is 537 g/mol. The molecule has 196 valence electrons. The van der Waals surface area contributed by atoms with Crippen LogP contribution in [0.15, 0.2) is 126 Å². The average Bonchev–Trinajstić information content (AvgIpc) is 3.67. The largest absolute Gasteiger partial charge is 0.456 e. The molecule has 9 rings (SSSR count). The van der Waals surface area contributed by atoms with Gasteiger partial charge in [0.1, 0.15) is 11.2 Å². The number of para-hydroxylation sites is 2. The number of hydrogen-bond acceptors (Lipinski definition) is 1. The van der Waals surface area contributed by atoms with Gasteiger partial charge in [-0.05, 0) is 67.1 Å². The first-order valence-corrected chi connectivity index (χ1v) is 14.1. The van der Waals surface area contributed by atoms with Gasteiger partial charge >= 0.3 is 0 Å². The SMILES string of the molecule is [C-]#[N+]c1ccc2c3ccccc3n(-c3ccc4oc5cccc(-n6c7ccccc7c7ccc(C)cc76)c5c4c3)c2c1. The van der Waals surface area contributed by atoms with Crippen molar-refractivity contribution in [3.8, 4) is 11.4 Å². The quantitative estimate of drug-likeness (QED) is 0.202. The maximum absolute atomic E-state index is 7.63. The minimum Gasteiger partial charge on any atom is -0.456 e.